The maximum absolute atomic E-state index is 13.1. The van der Waals surface area contributed by atoms with E-state index in [-0.39, 0.29) is 11.3 Å². The van der Waals surface area contributed by atoms with Crippen molar-refractivity contribution in [1.82, 2.24) is 4.90 Å². The number of nitrogens with zero attached hydrogens (tertiary/aromatic N) is 1. The molecule has 5 rings (SSSR count). The minimum atomic E-state index is -0.0283. The van der Waals surface area contributed by atoms with Gasteiger partial charge in [-0.1, -0.05) is 19.9 Å². The van der Waals surface area contributed by atoms with Crippen molar-refractivity contribution in [2.75, 3.05) is 13.1 Å². The van der Waals surface area contributed by atoms with E-state index in [2.05, 4.69) is 24.8 Å². The molecule has 3 fully saturated rings. The van der Waals surface area contributed by atoms with Gasteiger partial charge in [-0.15, -0.1) is 0 Å². The second-order valence-electron chi connectivity index (χ2n) is 9.79. The maximum atomic E-state index is 13.1. The van der Waals surface area contributed by atoms with Crippen molar-refractivity contribution in [2.45, 2.75) is 63.8 Å². The quantitative estimate of drug-likeness (QED) is 0.895. The Hall–Kier alpha value is -1.35. The summed E-state index contributed by atoms with van der Waals surface area (Å²) in [4.78, 5) is 15.8. The molecular formula is C23H31NO2. The summed E-state index contributed by atoms with van der Waals surface area (Å²) in [5.74, 6) is 2.94. The molecular weight excluding hydrogens is 322 g/mol. The number of rotatable bonds is 3. The molecule has 3 nitrogen and oxygen atoms in total. The lowest BCUT2D eigenvalue weighted by Gasteiger charge is -2.60. The number of hydrogen-bond donors (Lipinski definition) is 1. The number of carbonyl (C=O) groups is 1. The first-order valence-corrected chi connectivity index (χ1v) is 10.6. The highest BCUT2D eigenvalue weighted by Gasteiger charge is 2.58. The highest BCUT2D eigenvalue weighted by molar-refractivity contribution is 5.84. The van der Waals surface area contributed by atoms with Crippen LogP contribution in [0.5, 0.6) is 5.75 Å². The van der Waals surface area contributed by atoms with Crippen LogP contribution in [0.2, 0.25) is 0 Å². The molecule has 3 heteroatoms. The Balaban J connectivity index is 1.59. The number of benzene rings is 1. The van der Waals surface area contributed by atoms with Crippen molar-refractivity contribution in [3.63, 3.8) is 0 Å². The number of ketones is 1. The summed E-state index contributed by atoms with van der Waals surface area (Å²) >= 11 is 0. The lowest BCUT2D eigenvalue weighted by molar-refractivity contribution is -0.135. The van der Waals surface area contributed by atoms with E-state index in [4.69, 9.17) is 0 Å². The number of piperidine rings is 1. The summed E-state index contributed by atoms with van der Waals surface area (Å²) < 4.78 is 0. The number of likely N-dealkylation sites (tertiary alicyclic amines) is 1. The molecule has 4 aliphatic rings. The zero-order valence-electron chi connectivity index (χ0n) is 16.1. The van der Waals surface area contributed by atoms with Crippen molar-refractivity contribution >= 4 is 5.78 Å². The average molecular weight is 354 g/mol. The van der Waals surface area contributed by atoms with Gasteiger partial charge in [-0.25, -0.2) is 0 Å². The first-order chi connectivity index (χ1) is 12.5. The molecule has 1 aliphatic heterocycles. The third-order valence-electron chi connectivity index (χ3n) is 7.95. The van der Waals surface area contributed by atoms with Crippen LogP contribution < -0.4 is 0 Å². The zero-order valence-corrected chi connectivity index (χ0v) is 16.1. The number of hydrogen-bond acceptors (Lipinski definition) is 3. The van der Waals surface area contributed by atoms with E-state index < -0.39 is 0 Å². The summed E-state index contributed by atoms with van der Waals surface area (Å²) in [7, 11) is 0. The summed E-state index contributed by atoms with van der Waals surface area (Å²) in [5, 5.41) is 10.2. The van der Waals surface area contributed by atoms with Crippen molar-refractivity contribution in [1.29, 1.82) is 0 Å². The molecule has 1 aromatic carbocycles. The molecule has 1 aromatic rings. The molecule has 3 aliphatic carbocycles. The van der Waals surface area contributed by atoms with Crippen LogP contribution in [0.15, 0.2) is 18.2 Å². The Labute approximate surface area is 156 Å². The molecule has 4 atom stereocenters. The SMILES string of the molecule is CC(C)[C@H]1C[C@H]2[C@H]3Cc4ccc(O)cc4[C@@]2(CCN3CC2CC2)CC1=O. The molecule has 0 amide bonds. The van der Waals surface area contributed by atoms with Crippen molar-refractivity contribution < 1.29 is 9.90 Å². The van der Waals surface area contributed by atoms with Gasteiger partial charge in [0.15, 0.2) is 0 Å². The molecule has 1 saturated heterocycles. The number of aromatic hydroxyl groups is 1. The Bertz CT molecular complexity index is 738. The van der Waals surface area contributed by atoms with E-state index in [0.717, 1.165) is 31.7 Å². The van der Waals surface area contributed by atoms with Gasteiger partial charge in [0.05, 0.1) is 0 Å². The molecule has 2 saturated carbocycles. The third kappa shape index (κ3) is 2.46. The molecule has 140 valence electrons. The zero-order chi connectivity index (χ0) is 18.1. The number of phenolic OH excluding ortho intramolecular Hbond substituents is 1. The Morgan fingerprint density at radius 2 is 2.12 bits per heavy atom. The Morgan fingerprint density at radius 1 is 1.31 bits per heavy atom. The van der Waals surface area contributed by atoms with Crippen molar-refractivity contribution in [2.24, 2.45) is 23.7 Å². The minimum Gasteiger partial charge on any atom is -0.508 e. The molecule has 1 N–H and O–H groups in total. The van der Waals surface area contributed by atoms with E-state index in [9.17, 15) is 9.90 Å². The van der Waals surface area contributed by atoms with Gasteiger partial charge in [0, 0.05) is 30.3 Å². The molecule has 0 aromatic heterocycles. The first-order valence-electron chi connectivity index (χ1n) is 10.6. The largest absolute Gasteiger partial charge is 0.508 e. The molecule has 0 spiro atoms. The fourth-order valence-electron chi connectivity index (χ4n) is 6.40. The minimum absolute atomic E-state index is 0.0283. The Morgan fingerprint density at radius 3 is 2.85 bits per heavy atom. The van der Waals surface area contributed by atoms with Crippen LogP contribution in [-0.4, -0.2) is 34.9 Å². The second-order valence-corrected chi connectivity index (χ2v) is 9.79. The van der Waals surface area contributed by atoms with Crippen LogP contribution in [0, 0.1) is 23.7 Å². The second kappa shape index (κ2) is 5.82. The number of Topliss-reactive ketones (excluding diaryl/α,β-unsaturated/α-hetero) is 1. The summed E-state index contributed by atoms with van der Waals surface area (Å²) in [6.07, 6.45) is 6.69. The van der Waals surface area contributed by atoms with Crippen LogP contribution >= 0.6 is 0 Å². The molecule has 26 heavy (non-hydrogen) atoms. The van der Waals surface area contributed by atoms with Gasteiger partial charge >= 0.3 is 0 Å². The first kappa shape index (κ1) is 16.8. The van der Waals surface area contributed by atoms with Gasteiger partial charge in [0.2, 0.25) is 0 Å². The fraction of sp³-hybridized carbons (Fsp3) is 0.696. The number of phenols is 1. The van der Waals surface area contributed by atoms with Gasteiger partial charge in [0.1, 0.15) is 11.5 Å². The number of carbonyl (C=O) groups excluding carboxylic acids is 1. The predicted octanol–water partition coefficient (Wildman–Crippen LogP) is 3.92. The van der Waals surface area contributed by atoms with E-state index in [1.165, 1.54) is 30.5 Å². The highest BCUT2D eigenvalue weighted by atomic mass is 16.3. The van der Waals surface area contributed by atoms with Crippen molar-refractivity contribution in [3.05, 3.63) is 29.3 Å². The monoisotopic (exact) mass is 353 g/mol. The van der Waals surface area contributed by atoms with Gasteiger partial charge in [-0.05, 0) is 79.7 Å². The Kier molecular flexibility index (Phi) is 3.76. The normalized spacial score (nSPS) is 36.7. The van der Waals surface area contributed by atoms with Gasteiger partial charge in [0.25, 0.3) is 0 Å². The molecule has 1 heterocycles. The van der Waals surface area contributed by atoms with Crippen LogP contribution in [0.25, 0.3) is 0 Å². The standard InChI is InChI=1S/C23H31NO2/c1-14(2)18-11-20-21-9-16-5-6-17(25)10-19(16)23(20,12-22(18)26)7-8-24(21)13-15-3-4-15/h5-6,10,14-15,18,20-21,25H,3-4,7-9,11-13H2,1-2H3/t18-,20+,21-,23-/m1/s1. The summed E-state index contributed by atoms with van der Waals surface area (Å²) in [6, 6.07) is 6.52. The van der Waals surface area contributed by atoms with Gasteiger partial charge < -0.3 is 5.11 Å². The smallest absolute Gasteiger partial charge is 0.137 e. The van der Waals surface area contributed by atoms with E-state index in [0.29, 0.717) is 35.8 Å². The van der Waals surface area contributed by atoms with Gasteiger partial charge in [-0.3, -0.25) is 9.69 Å². The topological polar surface area (TPSA) is 40.5 Å². The fourth-order valence-corrected chi connectivity index (χ4v) is 6.40. The molecule has 0 unspecified atom stereocenters. The van der Waals surface area contributed by atoms with Crippen LogP contribution in [-0.2, 0) is 16.6 Å². The van der Waals surface area contributed by atoms with Crippen LogP contribution in [0.3, 0.4) is 0 Å². The third-order valence-corrected chi connectivity index (χ3v) is 7.95. The number of fused-ring (bicyclic) bond motifs is 1. The summed E-state index contributed by atoms with van der Waals surface area (Å²) in [6.45, 7) is 6.79. The average Bonchev–Trinajstić information content (AvgIpc) is 3.41. The highest BCUT2D eigenvalue weighted by Crippen LogP contribution is 2.57. The lowest BCUT2D eigenvalue weighted by atomic mass is 9.50. The van der Waals surface area contributed by atoms with E-state index >= 15 is 0 Å². The molecule has 2 bridgehead atoms. The van der Waals surface area contributed by atoms with Crippen molar-refractivity contribution in [3.8, 4) is 5.75 Å². The lowest BCUT2D eigenvalue weighted by Crippen LogP contribution is -2.63. The summed E-state index contributed by atoms with van der Waals surface area (Å²) in [5.41, 5.74) is 2.64. The van der Waals surface area contributed by atoms with E-state index in [1.54, 1.807) is 0 Å². The molecule has 0 radical (unpaired) electrons. The maximum Gasteiger partial charge on any atom is 0.137 e. The predicted molar refractivity (Wildman–Crippen MR) is 102 cm³/mol. The van der Waals surface area contributed by atoms with Crippen LogP contribution in [0.1, 0.15) is 57.1 Å². The van der Waals surface area contributed by atoms with Crippen LogP contribution in [0.4, 0.5) is 0 Å². The van der Waals surface area contributed by atoms with E-state index in [1.807, 2.05) is 12.1 Å². The van der Waals surface area contributed by atoms with Gasteiger partial charge in [-0.2, -0.15) is 0 Å².